The number of carbonyl (C=O) groups is 1. The molecule has 3 N–H and O–H groups in total. The van der Waals surface area contributed by atoms with Crippen LogP contribution in [-0.2, 0) is 24.2 Å². The molecule has 0 saturated carbocycles. The summed E-state index contributed by atoms with van der Waals surface area (Å²) in [5.74, 6) is -0.132. The largest absolute Gasteiger partial charge is 0.493 e. The summed E-state index contributed by atoms with van der Waals surface area (Å²) in [7, 11) is 0. The van der Waals surface area contributed by atoms with E-state index in [0.29, 0.717) is 31.6 Å². The van der Waals surface area contributed by atoms with E-state index in [1.807, 2.05) is 48.5 Å². The highest BCUT2D eigenvalue weighted by Crippen LogP contribution is 2.20. The molecule has 0 spiro atoms. The van der Waals surface area contributed by atoms with Gasteiger partial charge in [0.25, 0.3) is 0 Å². The van der Waals surface area contributed by atoms with Gasteiger partial charge in [-0.25, -0.2) is 0 Å². The number of benzene rings is 3. The van der Waals surface area contributed by atoms with Gasteiger partial charge >= 0.3 is 5.97 Å². The maximum atomic E-state index is 10.8. The number of anilines is 1. The fourth-order valence-corrected chi connectivity index (χ4v) is 3.51. The van der Waals surface area contributed by atoms with E-state index >= 15 is 0 Å². The molecule has 3 rings (SSSR count). The number of carboxylic acids is 1. The molecule has 0 aromatic heterocycles. The third-order valence-corrected chi connectivity index (χ3v) is 5.32. The number of hydrogen-bond acceptors (Lipinski definition) is 4. The van der Waals surface area contributed by atoms with E-state index < -0.39 is 12.1 Å². The van der Waals surface area contributed by atoms with Crippen molar-refractivity contribution < 1.29 is 19.7 Å². The second-order valence-corrected chi connectivity index (χ2v) is 7.87. The molecule has 0 amide bonds. The van der Waals surface area contributed by atoms with Crippen molar-refractivity contribution in [1.82, 2.24) is 0 Å². The van der Waals surface area contributed by atoms with Gasteiger partial charge in [0.2, 0.25) is 0 Å². The standard InChI is InChI=1S/C27H31NO4/c29-25(17-18-32-26-12-5-4-10-23(26)14-16-27(30)31)15-13-21-9-6-11-24(19-21)28-20-22-7-2-1-3-8-22/h1-12,19,25,28-29H,13-18,20H2,(H,30,31). The average molecular weight is 434 g/mol. The van der Waals surface area contributed by atoms with Crippen molar-refractivity contribution >= 4 is 11.7 Å². The van der Waals surface area contributed by atoms with Crippen LogP contribution in [0.25, 0.3) is 0 Å². The molecule has 5 heteroatoms. The van der Waals surface area contributed by atoms with E-state index in [1.165, 1.54) is 11.1 Å². The number of rotatable bonds is 13. The van der Waals surface area contributed by atoms with Gasteiger partial charge in [0.05, 0.1) is 12.7 Å². The summed E-state index contributed by atoms with van der Waals surface area (Å²) >= 11 is 0. The zero-order valence-corrected chi connectivity index (χ0v) is 18.2. The Kier molecular flexibility index (Phi) is 9.14. The highest BCUT2D eigenvalue weighted by molar-refractivity contribution is 5.67. The smallest absolute Gasteiger partial charge is 0.303 e. The number of hydrogen-bond donors (Lipinski definition) is 3. The molecule has 3 aromatic carbocycles. The molecule has 0 aliphatic heterocycles. The molecule has 0 radical (unpaired) electrons. The van der Waals surface area contributed by atoms with E-state index in [2.05, 4.69) is 35.6 Å². The predicted octanol–water partition coefficient (Wildman–Crippen LogP) is 5.08. The maximum Gasteiger partial charge on any atom is 0.303 e. The van der Waals surface area contributed by atoms with Gasteiger partial charge in [-0.2, -0.15) is 0 Å². The van der Waals surface area contributed by atoms with Crippen LogP contribution >= 0.6 is 0 Å². The Balaban J connectivity index is 1.41. The van der Waals surface area contributed by atoms with Crippen LogP contribution in [0.15, 0.2) is 78.9 Å². The summed E-state index contributed by atoms with van der Waals surface area (Å²) in [5.41, 5.74) is 4.37. The molecule has 1 unspecified atom stereocenters. The Hall–Kier alpha value is -3.31. The van der Waals surface area contributed by atoms with Crippen LogP contribution < -0.4 is 10.1 Å². The molecule has 168 valence electrons. The Morgan fingerprint density at radius 1 is 0.875 bits per heavy atom. The molecule has 0 heterocycles. The zero-order chi connectivity index (χ0) is 22.6. The van der Waals surface area contributed by atoms with Crippen LogP contribution in [-0.4, -0.2) is 28.9 Å². The summed E-state index contributed by atoms with van der Waals surface area (Å²) in [6.45, 7) is 1.17. The van der Waals surface area contributed by atoms with Crippen molar-refractivity contribution in [3.63, 3.8) is 0 Å². The first-order chi connectivity index (χ1) is 15.6. The first-order valence-corrected chi connectivity index (χ1v) is 11.1. The Bertz CT molecular complexity index is 974. The second-order valence-electron chi connectivity index (χ2n) is 7.87. The number of ether oxygens (including phenoxy) is 1. The van der Waals surface area contributed by atoms with Crippen molar-refractivity contribution in [3.8, 4) is 5.75 Å². The topological polar surface area (TPSA) is 78.8 Å². The Morgan fingerprint density at radius 2 is 1.62 bits per heavy atom. The Morgan fingerprint density at radius 3 is 2.44 bits per heavy atom. The van der Waals surface area contributed by atoms with Gasteiger partial charge in [0, 0.05) is 25.1 Å². The number of carboxylic acid groups (broad SMARTS) is 1. The highest BCUT2D eigenvalue weighted by Gasteiger charge is 2.09. The van der Waals surface area contributed by atoms with Gasteiger partial charge in [-0.05, 0) is 54.2 Å². The molecule has 5 nitrogen and oxygen atoms in total. The van der Waals surface area contributed by atoms with Crippen molar-refractivity contribution in [1.29, 1.82) is 0 Å². The fourth-order valence-electron chi connectivity index (χ4n) is 3.51. The number of aliphatic hydroxyl groups is 1. The van der Waals surface area contributed by atoms with E-state index in [0.717, 1.165) is 24.2 Å². The number of aryl methyl sites for hydroxylation is 2. The van der Waals surface area contributed by atoms with Gasteiger partial charge in [-0.15, -0.1) is 0 Å². The van der Waals surface area contributed by atoms with Gasteiger partial charge in [-0.1, -0.05) is 60.7 Å². The lowest BCUT2D eigenvalue weighted by molar-refractivity contribution is -0.136. The summed E-state index contributed by atoms with van der Waals surface area (Å²) < 4.78 is 5.82. The van der Waals surface area contributed by atoms with Crippen molar-refractivity contribution in [2.24, 2.45) is 0 Å². The molecule has 0 fully saturated rings. The lowest BCUT2D eigenvalue weighted by Gasteiger charge is -2.14. The number of aliphatic hydroxyl groups excluding tert-OH is 1. The predicted molar refractivity (Wildman–Crippen MR) is 127 cm³/mol. The van der Waals surface area contributed by atoms with Crippen LogP contribution in [0, 0.1) is 0 Å². The number of para-hydroxylation sites is 1. The summed E-state index contributed by atoms with van der Waals surface area (Å²) in [5, 5.41) is 22.7. The third kappa shape index (κ3) is 8.08. The monoisotopic (exact) mass is 433 g/mol. The Labute approximate surface area is 189 Å². The molecule has 1 atom stereocenters. The first-order valence-electron chi connectivity index (χ1n) is 11.1. The molecule has 0 saturated heterocycles. The number of aliphatic carboxylic acids is 1. The van der Waals surface area contributed by atoms with Crippen molar-refractivity contribution in [2.45, 2.75) is 44.8 Å². The average Bonchev–Trinajstić information content (AvgIpc) is 2.82. The fraction of sp³-hybridized carbons (Fsp3) is 0.296. The molecule has 0 aliphatic carbocycles. The summed E-state index contributed by atoms with van der Waals surface area (Å²) in [6.07, 6.45) is 2.02. The lowest BCUT2D eigenvalue weighted by atomic mass is 10.0. The molecule has 0 aliphatic rings. The highest BCUT2D eigenvalue weighted by atomic mass is 16.5. The van der Waals surface area contributed by atoms with E-state index in [4.69, 9.17) is 9.84 Å². The minimum atomic E-state index is -0.824. The maximum absolute atomic E-state index is 10.8. The van der Waals surface area contributed by atoms with Crippen LogP contribution in [0.4, 0.5) is 5.69 Å². The minimum absolute atomic E-state index is 0.0717. The summed E-state index contributed by atoms with van der Waals surface area (Å²) in [6, 6.07) is 26.0. The van der Waals surface area contributed by atoms with Gasteiger partial charge in [0.15, 0.2) is 0 Å². The van der Waals surface area contributed by atoms with E-state index in [1.54, 1.807) is 0 Å². The first kappa shape index (κ1) is 23.4. The zero-order valence-electron chi connectivity index (χ0n) is 18.2. The van der Waals surface area contributed by atoms with Crippen molar-refractivity contribution in [3.05, 3.63) is 95.6 Å². The van der Waals surface area contributed by atoms with Gasteiger partial charge in [0.1, 0.15) is 5.75 Å². The molecular weight excluding hydrogens is 402 g/mol. The molecule has 0 bridgehead atoms. The van der Waals surface area contributed by atoms with Crippen LogP contribution in [0.5, 0.6) is 5.75 Å². The van der Waals surface area contributed by atoms with Gasteiger partial charge < -0.3 is 20.3 Å². The van der Waals surface area contributed by atoms with Crippen molar-refractivity contribution in [2.75, 3.05) is 11.9 Å². The normalized spacial score (nSPS) is 11.7. The van der Waals surface area contributed by atoms with Crippen LogP contribution in [0.1, 0.15) is 36.0 Å². The molecular formula is C27H31NO4. The van der Waals surface area contributed by atoms with E-state index in [9.17, 15) is 9.90 Å². The SMILES string of the molecule is O=C(O)CCc1ccccc1OCCC(O)CCc1cccc(NCc2ccccc2)c1. The van der Waals surface area contributed by atoms with Crippen LogP contribution in [0.3, 0.4) is 0 Å². The third-order valence-electron chi connectivity index (χ3n) is 5.32. The molecule has 3 aromatic rings. The van der Waals surface area contributed by atoms with Crippen LogP contribution in [0.2, 0.25) is 0 Å². The summed E-state index contributed by atoms with van der Waals surface area (Å²) in [4.78, 5) is 10.8. The quantitative estimate of drug-likeness (QED) is 0.350. The molecule has 32 heavy (non-hydrogen) atoms. The number of nitrogens with one attached hydrogen (secondary N) is 1. The van der Waals surface area contributed by atoms with Gasteiger partial charge in [-0.3, -0.25) is 4.79 Å². The minimum Gasteiger partial charge on any atom is -0.493 e. The second kappa shape index (κ2) is 12.5. The van der Waals surface area contributed by atoms with E-state index in [-0.39, 0.29) is 6.42 Å². The lowest BCUT2D eigenvalue weighted by Crippen LogP contribution is -2.13.